The third-order valence-electron chi connectivity index (χ3n) is 4.83. The molecule has 0 aliphatic carbocycles. The number of benzene rings is 3. The third-order valence-corrected chi connectivity index (χ3v) is 5.92. The van der Waals surface area contributed by atoms with Crippen LogP contribution in [0.4, 0.5) is 0 Å². The minimum absolute atomic E-state index is 0.910. The predicted octanol–water partition coefficient (Wildman–Crippen LogP) is 6.60. The highest BCUT2D eigenvalue weighted by atomic mass is 32.2. The van der Waals surface area contributed by atoms with E-state index in [1.807, 2.05) is 11.8 Å². The van der Waals surface area contributed by atoms with Gasteiger partial charge in [0.1, 0.15) is 0 Å². The average Bonchev–Trinajstić information content (AvgIpc) is 2.99. The van der Waals surface area contributed by atoms with Gasteiger partial charge in [0.25, 0.3) is 0 Å². The topological polar surface area (TPSA) is 4.93 Å². The lowest BCUT2D eigenvalue weighted by Crippen LogP contribution is -1.97. The lowest BCUT2D eigenvalue weighted by atomic mass is 10.1. The molecule has 4 aromatic rings. The van der Waals surface area contributed by atoms with Crippen molar-refractivity contribution in [2.24, 2.45) is 0 Å². The first kappa shape index (κ1) is 17.0. The van der Waals surface area contributed by atoms with Gasteiger partial charge in [-0.05, 0) is 36.6 Å². The van der Waals surface area contributed by atoms with E-state index in [1.54, 1.807) is 0 Å². The van der Waals surface area contributed by atoms with Crippen molar-refractivity contribution in [3.8, 4) is 0 Å². The molecule has 26 heavy (non-hydrogen) atoms. The molecule has 1 heterocycles. The number of nitrogens with zero attached hydrogens (tertiary/aromatic N) is 1. The summed E-state index contributed by atoms with van der Waals surface area (Å²) in [5.41, 5.74) is 6.74. The number of hydrogen-bond acceptors (Lipinski definition) is 1. The molecule has 2 heteroatoms. The van der Waals surface area contributed by atoms with Crippen LogP contribution in [-0.4, -0.2) is 4.57 Å². The zero-order chi connectivity index (χ0) is 17.9. The van der Waals surface area contributed by atoms with Crippen LogP contribution in [-0.2, 0) is 12.3 Å². The standard InChI is InChI=1S/C24H23NS/c1-18-8-7-10-20(14-18)15-25-16-24(22-12-5-6-13-23(22)25)26-17-21-11-4-3-9-19(21)2/h3-14,16H,15,17H2,1-2H3. The molecule has 0 spiro atoms. The maximum atomic E-state index is 2.38. The van der Waals surface area contributed by atoms with Gasteiger partial charge in [-0.3, -0.25) is 0 Å². The number of rotatable bonds is 5. The Morgan fingerprint density at radius 1 is 0.846 bits per heavy atom. The number of hydrogen-bond donors (Lipinski definition) is 0. The molecular weight excluding hydrogens is 334 g/mol. The molecule has 130 valence electrons. The summed E-state index contributed by atoms with van der Waals surface area (Å²) in [6, 6.07) is 26.2. The number of aryl methyl sites for hydroxylation is 2. The molecule has 0 atom stereocenters. The van der Waals surface area contributed by atoms with E-state index in [-0.39, 0.29) is 0 Å². The van der Waals surface area contributed by atoms with Crippen LogP contribution < -0.4 is 0 Å². The van der Waals surface area contributed by atoms with Gasteiger partial charge in [-0.15, -0.1) is 11.8 Å². The number of thioether (sulfide) groups is 1. The monoisotopic (exact) mass is 357 g/mol. The van der Waals surface area contributed by atoms with Gasteiger partial charge in [0.05, 0.1) is 0 Å². The van der Waals surface area contributed by atoms with E-state index >= 15 is 0 Å². The molecule has 0 radical (unpaired) electrons. The summed E-state index contributed by atoms with van der Waals surface area (Å²) in [4.78, 5) is 1.36. The molecule has 0 N–H and O–H groups in total. The summed E-state index contributed by atoms with van der Waals surface area (Å²) >= 11 is 1.93. The Hall–Kier alpha value is -2.45. The van der Waals surface area contributed by atoms with Crippen molar-refractivity contribution in [2.45, 2.75) is 31.0 Å². The van der Waals surface area contributed by atoms with Gasteiger partial charge in [-0.1, -0.05) is 72.3 Å². The Morgan fingerprint density at radius 2 is 1.65 bits per heavy atom. The quantitative estimate of drug-likeness (QED) is 0.364. The molecule has 1 aromatic heterocycles. The Balaban J connectivity index is 1.64. The van der Waals surface area contributed by atoms with E-state index < -0.39 is 0 Å². The minimum atomic E-state index is 0.910. The lowest BCUT2D eigenvalue weighted by molar-refractivity contribution is 0.829. The van der Waals surface area contributed by atoms with Crippen molar-refractivity contribution >= 4 is 22.7 Å². The van der Waals surface area contributed by atoms with Crippen LogP contribution in [0.2, 0.25) is 0 Å². The van der Waals surface area contributed by atoms with Gasteiger partial charge < -0.3 is 4.57 Å². The van der Waals surface area contributed by atoms with Crippen LogP contribution in [0.25, 0.3) is 10.9 Å². The van der Waals surface area contributed by atoms with E-state index in [1.165, 1.54) is 38.1 Å². The second-order valence-corrected chi connectivity index (χ2v) is 7.86. The summed E-state index contributed by atoms with van der Waals surface area (Å²) in [6.45, 7) is 5.25. The van der Waals surface area contributed by atoms with Gasteiger partial charge in [0.2, 0.25) is 0 Å². The van der Waals surface area contributed by atoms with Gasteiger partial charge in [-0.2, -0.15) is 0 Å². The molecule has 0 bridgehead atoms. The van der Waals surface area contributed by atoms with Crippen LogP contribution in [0.15, 0.2) is 83.9 Å². The summed E-state index contributed by atoms with van der Waals surface area (Å²) in [6.07, 6.45) is 2.32. The molecule has 3 aromatic carbocycles. The van der Waals surface area contributed by atoms with Crippen molar-refractivity contribution in [2.75, 3.05) is 0 Å². The van der Waals surface area contributed by atoms with E-state index in [0.717, 1.165) is 12.3 Å². The molecule has 0 saturated carbocycles. The Morgan fingerprint density at radius 3 is 2.50 bits per heavy atom. The Kier molecular flexibility index (Phi) is 4.85. The van der Waals surface area contributed by atoms with Crippen LogP contribution >= 0.6 is 11.8 Å². The molecule has 0 aliphatic heterocycles. The molecule has 0 aliphatic rings. The van der Waals surface area contributed by atoms with Gasteiger partial charge >= 0.3 is 0 Å². The van der Waals surface area contributed by atoms with Crippen LogP contribution in [0.3, 0.4) is 0 Å². The number of aromatic nitrogens is 1. The maximum absolute atomic E-state index is 2.38. The second kappa shape index (κ2) is 7.43. The van der Waals surface area contributed by atoms with Gasteiger partial charge in [0, 0.05) is 34.3 Å². The summed E-state index contributed by atoms with van der Waals surface area (Å²) in [5, 5.41) is 1.35. The average molecular weight is 358 g/mol. The minimum Gasteiger partial charge on any atom is -0.342 e. The zero-order valence-electron chi connectivity index (χ0n) is 15.3. The van der Waals surface area contributed by atoms with Crippen molar-refractivity contribution in [1.82, 2.24) is 4.57 Å². The lowest BCUT2D eigenvalue weighted by Gasteiger charge is -2.06. The van der Waals surface area contributed by atoms with Crippen molar-refractivity contribution in [3.63, 3.8) is 0 Å². The van der Waals surface area contributed by atoms with Crippen molar-refractivity contribution in [1.29, 1.82) is 0 Å². The Bertz CT molecular complexity index is 1040. The first-order valence-electron chi connectivity index (χ1n) is 9.01. The van der Waals surface area contributed by atoms with Crippen LogP contribution in [0.1, 0.15) is 22.3 Å². The first-order valence-corrected chi connectivity index (χ1v) is 10.00. The second-order valence-electron chi connectivity index (χ2n) is 6.84. The summed E-state index contributed by atoms with van der Waals surface area (Å²) < 4.78 is 2.38. The summed E-state index contributed by atoms with van der Waals surface area (Å²) in [5.74, 6) is 1.01. The zero-order valence-corrected chi connectivity index (χ0v) is 16.1. The fraction of sp³-hybridized carbons (Fsp3) is 0.167. The van der Waals surface area contributed by atoms with Crippen molar-refractivity contribution < 1.29 is 0 Å². The van der Waals surface area contributed by atoms with E-state index in [4.69, 9.17) is 0 Å². The van der Waals surface area contributed by atoms with Crippen molar-refractivity contribution in [3.05, 3.63) is 101 Å². The SMILES string of the molecule is Cc1cccc(Cn2cc(SCc3ccccc3C)c3ccccc32)c1. The highest BCUT2D eigenvalue weighted by Gasteiger charge is 2.10. The summed E-state index contributed by atoms with van der Waals surface area (Å²) in [7, 11) is 0. The molecule has 0 unspecified atom stereocenters. The van der Waals surface area contributed by atoms with Gasteiger partial charge in [-0.25, -0.2) is 0 Å². The molecule has 1 nitrogen and oxygen atoms in total. The number of para-hydroxylation sites is 1. The van der Waals surface area contributed by atoms with Crippen LogP contribution in [0, 0.1) is 13.8 Å². The molecule has 0 fully saturated rings. The molecule has 0 amide bonds. The first-order chi connectivity index (χ1) is 12.7. The number of fused-ring (bicyclic) bond motifs is 1. The van der Waals surface area contributed by atoms with E-state index in [0.29, 0.717) is 0 Å². The van der Waals surface area contributed by atoms with E-state index in [2.05, 4.69) is 97.4 Å². The third kappa shape index (κ3) is 3.56. The normalized spacial score (nSPS) is 11.2. The van der Waals surface area contributed by atoms with Gasteiger partial charge in [0.15, 0.2) is 0 Å². The molecule has 4 rings (SSSR count). The highest BCUT2D eigenvalue weighted by molar-refractivity contribution is 7.98. The Labute approximate surface area is 159 Å². The molecular formula is C24H23NS. The molecule has 0 saturated heterocycles. The maximum Gasteiger partial charge on any atom is 0.0495 e. The fourth-order valence-electron chi connectivity index (χ4n) is 3.39. The smallest absolute Gasteiger partial charge is 0.0495 e. The predicted molar refractivity (Wildman–Crippen MR) is 113 cm³/mol. The highest BCUT2D eigenvalue weighted by Crippen LogP contribution is 2.33. The van der Waals surface area contributed by atoms with E-state index in [9.17, 15) is 0 Å². The fourth-order valence-corrected chi connectivity index (χ4v) is 4.56. The van der Waals surface area contributed by atoms with Crippen LogP contribution in [0.5, 0.6) is 0 Å². The largest absolute Gasteiger partial charge is 0.342 e.